The summed E-state index contributed by atoms with van der Waals surface area (Å²) >= 11 is 1.76. The van der Waals surface area contributed by atoms with Gasteiger partial charge in [-0.15, -0.1) is 26.6 Å². The van der Waals surface area contributed by atoms with Crippen molar-refractivity contribution in [3.05, 3.63) is 40.3 Å². The maximum atomic E-state index is 12.3. The highest BCUT2D eigenvalue weighted by Gasteiger charge is 2.18. The first-order valence-electron chi connectivity index (χ1n) is 9.13. The first-order valence-corrected chi connectivity index (χ1v) is 10.0. The lowest BCUT2D eigenvalue weighted by Crippen LogP contribution is -2.40. The second kappa shape index (κ2) is 8.45. The Hall–Kier alpha value is -2.52. The number of morpholine rings is 1. The van der Waals surface area contributed by atoms with Gasteiger partial charge in [0.15, 0.2) is 11.5 Å². The van der Waals surface area contributed by atoms with Crippen molar-refractivity contribution in [3.63, 3.8) is 0 Å². The second-order valence-corrected chi connectivity index (χ2v) is 7.39. The lowest BCUT2D eigenvalue weighted by Gasteiger charge is -2.26. The summed E-state index contributed by atoms with van der Waals surface area (Å²) in [7, 11) is 0. The maximum Gasteiger partial charge on any atom is 0.223 e. The standard InChI is InChI=1S/C18H22N6O2S/c25-18(23-9-11-26-12-10-23)6-5-17-21-20-16-4-3-15(22-24(16)17)19-8-7-14-2-1-13-27-14/h1-4,13H,5-12H2,(H,19,22). The molecule has 142 valence electrons. The van der Waals surface area contributed by atoms with Crippen LogP contribution in [0.1, 0.15) is 17.1 Å². The van der Waals surface area contributed by atoms with Crippen LogP contribution in [0.25, 0.3) is 5.65 Å². The van der Waals surface area contributed by atoms with Crippen molar-refractivity contribution >= 4 is 28.7 Å². The van der Waals surface area contributed by atoms with Crippen molar-refractivity contribution in [2.75, 3.05) is 38.2 Å². The van der Waals surface area contributed by atoms with E-state index in [1.54, 1.807) is 15.9 Å². The SMILES string of the molecule is O=C(CCc1nnc2ccc(NCCc3cccs3)nn12)N1CCOCC1. The molecule has 3 aromatic rings. The van der Waals surface area contributed by atoms with E-state index in [4.69, 9.17) is 4.74 Å². The van der Waals surface area contributed by atoms with Gasteiger partial charge in [-0.25, -0.2) is 0 Å². The molecule has 4 heterocycles. The fourth-order valence-corrected chi connectivity index (χ4v) is 3.75. The lowest BCUT2D eigenvalue weighted by molar-refractivity contribution is -0.135. The van der Waals surface area contributed by atoms with E-state index >= 15 is 0 Å². The Kier molecular flexibility index (Phi) is 5.59. The third-order valence-corrected chi connectivity index (χ3v) is 5.45. The highest BCUT2D eigenvalue weighted by molar-refractivity contribution is 7.09. The van der Waals surface area contributed by atoms with Gasteiger partial charge < -0.3 is 15.0 Å². The predicted octanol–water partition coefficient (Wildman–Crippen LogP) is 1.63. The van der Waals surface area contributed by atoms with Crippen LogP contribution in [0, 0.1) is 0 Å². The Balaban J connectivity index is 1.37. The number of rotatable bonds is 7. The van der Waals surface area contributed by atoms with Gasteiger partial charge in [0.1, 0.15) is 5.82 Å². The summed E-state index contributed by atoms with van der Waals surface area (Å²) in [5.74, 6) is 1.61. The molecule has 3 aromatic heterocycles. The minimum Gasteiger partial charge on any atom is -0.378 e. The molecule has 1 saturated heterocycles. The molecule has 0 unspecified atom stereocenters. The number of amides is 1. The lowest BCUT2D eigenvalue weighted by atomic mass is 10.2. The summed E-state index contributed by atoms with van der Waals surface area (Å²) in [5, 5.41) is 18.4. The molecule has 0 spiro atoms. The first kappa shape index (κ1) is 17.9. The molecular formula is C18H22N6O2S. The number of aromatic nitrogens is 4. The van der Waals surface area contributed by atoms with E-state index in [0.717, 1.165) is 18.8 Å². The number of carbonyl (C=O) groups is 1. The van der Waals surface area contributed by atoms with Crippen LogP contribution in [0.3, 0.4) is 0 Å². The zero-order chi connectivity index (χ0) is 18.5. The Morgan fingerprint density at radius 2 is 2.07 bits per heavy atom. The number of nitrogens with one attached hydrogen (secondary N) is 1. The number of aryl methyl sites for hydroxylation is 1. The molecule has 1 aliphatic heterocycles. The van der Waals surface area contributed by atoms with Crippen LogP contribution < -0.4 is 5.32 Å². The summed E-state index contributed by atoms with van der Waals surface area (Å²) in [6.07, 6.45) is 1.88. The average molecular weight is 386 g/mol. The van der Waals surface area contributed by atoms with Crippen LogP contribution in [-0.4, -0.2) is 63.5 Å². The molecule has 0 aromatic carbocycles. The minimum absolute atomic E-state index is 0.125. The molecule has 4 rings (SSSR count). The Morgan fingerprint density at radius 3 is 2.89 bits per heavy atom. The van der Waals surface area contributed by atoms with Crippen LogP contribution in [0.5, 0.6) is 0 Å². The van der Waals surface area contributed by atoms with Gasteiger partial charge in [0.05, 0.1) is 13.2 Å². The highest BCUT2D eigenvalue weighted by Crippen LogP contribution is 2.12. The van der Waals surface area contributed by atoms with Gasteiger partial charge in [-0.3, -0.25) is 4.79 Å². The largest absolute Gasteiger partial charge is 0.378 e. The molecule has 0 radical (unpaired) electrons. The van der Waals surface area contributed by atoms with Gasteiger partial charge in [-0.1, -0.05) is 6.07 Å². The topological polar surface area (TPSA) is 84.7 Å². The van der Waals surface area contributed by atoms with Crippen molar-refractivity contribution < 1.29 is 9.53 Å². The van der Waals surface area contributed by atoms with Crippen molar-refractivity contribution in [1.29, 1.82) is 0 Å². The predicted molar refractivity (Wildman–Crippen MR) is 103 cm³/mol. The fourth-order valence-electron chi connectivity index (χ4n) is 3.04. The molecule has 1 N–H and O–H groups in total. The van der Waals surface area contributed by atoms with Gasteiger partial charge in [0, 0.05) is 37.4 Å². The number of hydrogen-bond donors (Lipinski definition) is 1. The molecule has 27 heavy (non-hydrogen) atoms. The van der Waals surface area contributed by atoms with E-state index in [9.17, 15) is 4.79 Å². The summed E-state index contributed by atoms with van der Waals surface area (Å²) in [6.45, 7) is 3.36. The Labute approximate surface area is 161 Å². The van der Waals surface area contributed by atoms with E-state index in [-0.39, 0.29) is 5.91 Å². The normalized spacial score (nSPS) is 14.6. The van der Waals surface area contributed by atoms with Crippen molar-refractivity contribution in [3.8, 4) is 0 Å². The second-order valence-electron chi connectivity index (χ2n) is 6.35. The van der Waals surface area contributed by atoms with Crippen molar-refractivity contribution in [2.24, 2.45) is 0 Å². The van der Waals surface area contributed by atoms with E-state index in [0.29, 0.717) is 50.6 Å². The number of anilines is 1. The number of hydrogen-bond acceptors (Lipinski definition) is 7. The van der Waals surface area contributed by atoms with Gasteiger partial charge in [0.25, 0.3) is 0 Å². The molecule has 9 heteroatoms. The number of carbonyl (C=O) groups excluding carboxylic acids is 1. The van der Waals surface area contributed by atoms with Gasteiger partial charge in [0.2, 0.25) is 5.91 Å². The molecule has 1 aliphatic rings. The van der Waals surface area contributed by atoms with Crippen LogP contribution in [0.15, 0.2) is 29.6 Å². The maximum absolute atomic E-state index is 12.3. The van der Waals surface area contributed by atoms with Gasteiger partial charge in [-0.05, 0) is 30.0 Å². The van der Waals surface area contributed by atoms with Crippen LogP contribution in [0.2, 0.25) is 0 Å². The molecule has 0 aliphatic carbocycles. The number of thiophene rings is 1. The van der Waals surface area contributed by atoms with Crippen molar-refractivity contribution in [1.82, 2.24) is 24.7 Å². The smallest absolute Gasteiger partial charge is 0.223 e. The molecule has 8 nitrogen and oxygen atoms in total. The number of fused-ring (bicyclic) bond motifs is 1. The molecule has 0 saturated carbocycles. The monoisotopic (exact) mass is 386 g/mol. The molecule has 0 atom stereocenters. The third kappa shape index (κ3) is 4.42. The summed E-state index contributed by atoms with van der Waals surface area (Å²) in [5.41, 5.74) is 0.688. The zero-order valence-electron chi connectivity index (χ0n) is 15.0. The molecule has 1 fully saturated rings. The number of ether oxygens (including phenoxy) is 1. The molecular weight excluding hydrogens is 364 g/mol. The molecule has 0 bridgehead atoms. The number of nitrogens with zero attached hydrogens (tertiary/aromatic N) is 5. The van der Waals surface area contributed by atoms with Gasteiger partial charge >= 0.3 is 0 Å². The van der Waals surface area contributed by atoms with E-state index in [2.05, 4.69) is 38.1 Å². The summed E-state index contributed by atoms with van der Waals surface area (Å²) in [4.78, 5) is 15.5. The third-order valence-electron chi connectivity index (χ3n) is 4.51. The van der Waals surface area contributed by atoms with Crippen LogP contribution in [-0.2, 0) is 22.4 Å². The van der Waals surface area contributed by atoms with Crippen LogP contribution >= 0.6 is 11.3 Å². The van der Waals surface area contributed by atoms with E-state index in [1.807, 2.05) is 17.0 Å². The van der Waals surface area contributed by atoms with Gasteiger partial charge in [-0.2, -0.15) is 4.52 Å². The Bertz CT molecular complexity index is 889. The highest BCUT2D eigenvalue weighted by atomic mass is 32.1. The fraction of sp³-hybridized carbons (Fsp3) is 0.444. The zero-order valence-corrected chi connectivity index (χ0v) is 15.8. The summed E-state index contributed by atoms with van der Waals surface area (Å²) < 4.78 is 7.01. The summed E-state index contributed by atoms with van der Waals surface area (Å²) in [6, 6.07) is 7.99. The quantitative estimate of drug-likeness (QED) is 0.664. The van der Waals surface area contributed by atoms with Crippen LogP contribution in [0.4, 0.5) is 5.82 Å². The van der Waals surface area contributed by atoms with E-state index < -0.39 is 0 Å². The van der Waals surface area contributed by atoms with E-state index in [1.165, 1.54) is 4.88 Å². The van der Waals surface area contributed by atoms with Crippen molar-refractivity contribution in [2.45, 2.75) is 19.3 Å². The average Bonchev–Trinajstić information content (AvgIpc) is 3.36. The Morgan fingerprint density at radius 1 is 1.19 bits per heavy atom. The minimum atomic E-state index is 0.125. The molecule has 1 amide bonds. The first-order chi connectivity index (χ1) is 13.3.